The molecule has 0 aliphatic rings. The summed E-state index contributed by atoms with van der Waals surface area (Å²) in [4.78, 5) is 15.4. The first-order valence-corrected chi connectivity index (χ1v) is 5.93. The number of benzene rings is 1. The molecule has 0 fully saturated rings. The van der Waals surface area contributed by atoms with E-state index in [0.29, 0.717) is 6.42 Å². The smallest absolute Gasteiger partial charge is 0.305 e. The first kappa shape index (κ1) is 11.1. The van der Waals surface area contributed by atoms with Crippen molar-refractivity contribution in [2.24, 2.45) is 0 Å². The summed E-state index contributed by atoms with van der Waals surface area (Å²) in [6, 6.07) is 6.12. The summed E-state index contributed by atoms with van der Waals surface area (Å²) in [7, 11) is 1.41. The second-order valence-corrected chi connectivity index (χ2v) is 4.85. The van der Waals surface area contributed by atoms with Gasteiger partial charge in [-0.2, -0.15) is 0 Å². The van der Waals surface area contributed by atoms with Gasteiger partial charge >= 0.3 is 5.97 Å². The molecule has 0 bridgehead atoms. The minimum Gasteiger partial charge on any atom is -0.469 e. The Bertz CT molecular complexity index is 519. The lowest BCUT2D eigenvalue weighted by molar-refractivity contribution is -0.140. The lowest BCUT2D eigenvalue weighted by Gasteiger charge is -2.00. The van der Waals surface area contributed by atoms with Gasteiger partial charge < -0.3 is 4.74 Å². The van der Waals surface area contributed by atoms with E-state index in [1.54, 1.807) is 11.3 Å². The first-order chi connectivity index (χ1) is 7.69. The quantitative estimate of drug-likeness (QED) is 0.768. The standard InChI is InChI=1S/C12H13NO2S/c1-8-13-10-5-3-9(7-11(10)16-8)4-6-12(14)15-2/h3,5,7H,4,6H2,1-2H3. The van der Waals surface area contributed by atoms with Crippen molar-refractivity contribution in [3.8, 4) is 0 Å². The van der Waals surface area contributed by atoms with E-state index in [2.05, 4.69) is 15.8 Å². The van der Waals surface area contributed by atoms with Crippen molar-refractivity contribution in [3.05, 3.63) is 28.8 Å². The van der Waals surface area contributed by atoms with E-state index in [9.17, 15) is 4.79 Å². The van der Waals surface area contributed by atoms with Gasteiger partial charge in [0.05, 0.1) is 22.3 Å². The van der Waals surface area contributed by atoms with Crippen LogP contribution < -0.4 is 0 Å². The van der Waals surface area contributed by atoms with Crippen LogP contribution >= 0.6 is 11.3 Å². The third-order valence-electron chi connectivity index (χ3n) is 2.41. The Morgan fingerprint density at radius 2 is 2.31 bits per heavy atom. The van der Waals surface area contributed by atoms with Crippen LogP contribution in [0, 0.1) is 6.92 Å². The minimum absolute atomic E-state index is 0.166. The number of rotatable bonds is 3. The van der Waals surface area contributed by atoms with Crippen molar-refractivity contribution in [2.45, 2.75) is 19.8 Å². The number of aromatic nitrogens is 1. The van der Waals surface area contributed by atoms with Crippen molar-refractivity contribution < 1.29 is 9.53 Å². The van der Waals surface area contributed by atoms with Crippen molar-refractivity contribution in [1.29, 1.82) is 0 Å². The van der Waals surface area contributed by atoms with E-state index in [1.165, 1.54) is 11.8 Å². The van der Waals surface area contributed by atoms with E-state index >= 15 is 0 Å². The maximum Gasteiger partial charge on any atom is 0.305 e. The maximum atomic E-state index is 11.0. The fourth-order valence-corrected chi connectivity index (χ4v) is 2.48. The molecule has 0 saturated heterocycles. The van der Waals surface area contributed by atoms with E-state index in [4.69, 9.17) is 0 Å². The van der Waals surface area contributed by atoms with E-state index < -0.39 is 0 Å². The summed E-state index contributed by atoms with van der Waals surface area (Å²) in [5.41, 5.74) is 2.19. The van der Waals surface area contributed by atoms with Crippen molar-refractivity contribution in [1.82, 2.24) is 4.98 Å². The van der Waals surface area contributed by atoms with Gasteiger partial charge in [0.1, 0.15) is 0 Å². The van der Waals surface area contributed by atoms with Gasteiger partial charge in [0.2, 0.25) is 0 Å². The van der Waals surface area contributed by atoms with Crippen LogP contribution in [0.4, 0.5) is 0 Å². The molecule has 0 aliphatic heterocycles. The summed E-state index contributed by atoms with van der Waals surface area (Å²) in [6.07, 6.45) is 1.15. The Balaban J connectivity index is 2.16. The molecular formula is C12H13NO2S. The molecule has 0 atom stereocenters. The second-order valence-electron chi connectivity index (χ2n) is 3.61. The predicted octanol–water partition coefficient (Wildman–Crippen LogP) is 2.71. The summed E-state index contributed by atoms with van der Waals surface area (Å²) in [5, 5.41) is 1.07. The van der Waals surface area contributed by atoms with Gasteiger partial charge in [-0.25, -0.2) is 4.98 Å². The van der Waals surface area contributed by atoms with Crippen LogP contribution in [0.25, 0.3) is 10.2 Å². The summed E-state index contributed by atoms with van der Waals surface area (Å²) < 4.78 is 5.80. The van der Waals surface area contributed by atoms with Gasteiger partial charge in [-0.15, -0.1) is 11.3 Å². The SMILES string of the molecule is COC(=O)CCc1ccc2nc(C)sc2c1. The average molecular weight is 235 g/mol. The summed E-state index contributed by atoms with van der Waals surface area (Å²) in [6.45, 7) is 2.00. The van der Waals surface area contributed by atoms with Crippen LogP contribution in [-0.2, 0) is 16.0 Å². The van der Waals surface area contributed by atoms with Crippen LogP contribution in [-0.4, -0.2) is 18.1 Å². The van der Waals surface area contributed by atoms with Crippen molar-refractivity contribution in [3.63, 3.8) is 0 Å². The number of methoxy groups -OCH3 is 1. The van der Waals surface area contributed by atoms with Crippen LogP contribution in [0.1, 0.15) is 17.0 Å². The number of carbonyl (C=O) groups is 1. The van der Waals surface area contributed by atoms with Gasteiger partial charge in [0.25, 0.3) is 0 Å². The Morgan fingerprint density at radius 1 is 1.50 bits per heavy atom. The molecule has 0 radical (unpaired) electrons. The topological polar surface area (TPSA) is 39.2 Å². The highest BCUT2D eigenvalue weighted by atomic mass is 32.1. The predicted molar refractivity (Wildman–Crippen MR) is 64.7 cm³/mol. The molecule has 1 heterocycles. The van der Waals surface area contributed by atoms with Crippen LogP contribution in [0.2, 0.25) is 0 Å². The third kappa shape index (κ3) is 2.39. The molecule has 2 aromatic rings. The Hall–Kier alpha value is -1.42. The molecule has 1 aromatic heterocycles. The fraction of sp³-hybridized carbons (Fsp3) is 0.333. The first-order valence-electron chi connectivity index (χ1n) is 5.12. The maximum absolute atomic E-state index is 11.0. The molecule has 3 nitrogen and oxygen atoms in total. The second kappa shape index (κ2) is 4.61. The van der Waals surface area contributed by atoms with E-state index in [-0.39, 0.29) is 5.97 Å². The lowest BCUT2D eigenvalue weighted by atomic mass is 10.1. The number of esters is 1. The molecule has 0 unspecified atom stereocenters. The zero-order valence-corrected chi connectivity index (χ0v) is 10.1. The molecule has 84 valence electrons. The lowest BCUT2D eigenvalue weighted by Crippen LogP contribution is -2.01. The zero-order valence-electron chi connectivity index (χ0n) is 9.32. The van der Waals surface area contributed by atoms with E-state index in [1.807, 2.05) is 19.1 Å². The van der Waals surface area contributed by atoms with Crippen molar-refractivity contribution >= 4 is 27.5 Å². The molecule has 1 aromatic carbocycles. The highest BCUT2D eigenvalue weighted by molar-refractivity contribution is 7.18. The number of aryl methyl sites for hydroxylation is 2. The average Bonchev–Trinajstić information content (AvgIpc) is 2.65. The number of fused-ring (bicyclic) bond motifs is 1. The minimum atomic E-state index is -0.166. The number of nitrogens with zero attached hydrogens (tertiary/aromatic N) is 1. The molecule has 16 heavy (non-hydrogen) atoms. The van der Waals surface area contributed by atoms with Crippen LogP contribution in [0.15, 0.2) is 18.2 Å². The summed E-state index contributed by atoms with van der Waals surface area (Å²) >= 11 is 1.68. The number of carbonyl (C=O) groups excluding carboxylic acids is 1. The Labute approximate surface area is 98.1 Å². The van der Waals surface area contributed by atoms with Gasteiger partial charge in [-0.1, -0.05) is 6.07 Å². The normalized spacial score (nSPS) is 10.6. The molecule has 2 rings (SSSR count). The van der Waals surface area contributed by atoms with Gasteiger partial charge in [-0.3, -0.25) is 4.79 Å². The Morgan fingerprint density at radius 3 is 3.06 bits per heavy atom. The van der Waals surface area contributed by atoms with E-state index in [0.717, 1.165) is 22.5 Å². The van der Waals surface area contributed by atoms with Crippen LogP contribution in [0.5, 0.6) is 0 Å². The summed E-state index contributed by atoms with van der Waals surface area (Å²) in [5.74, 6) is -0.166. The molecular weight excluding hydrogens is 222 g/mol. The molecule has 0 amide bonds. The molecule has 0 N–H and O–H groups in total. The molecule has 0 aliphatic carbocycles. The van der Waals surface area contributed by atoms with Gasteiger partial charge in [0.15, 0.2) is 0 Å². The molecule has 0 saturated carbocycles. The number of hydrogen-bond donors (Lipinski definition) is 0. The Kier molecular flexibility index (Phi) is 3.19. The number of ether oxygens (including phenoxy) is 1. The zero-order chi connectivity index (χ0) is 11.5. The van der Waals surface area contributed by atoms with Gasteiger partial charge in [-0.05, 0) is 31.0 Å². The third-order valence-corrected chi connectivity index (χ3v) is 3.34. The monoisotopic (exact) mass is 235 g/mol. The number of hydrogen-bond acceptors (Lipinski definition) is 4. The largest absolute Gasteiger partial charge is 0.469 e. The fourth-order valence-electron chi connectivity index (χ4n) is 1.59. The van der Waals surface area contributed by atoms with Crippen LogP contribution in [0.3, 0.4) is 0 Å². The van der Waals surface area contributed by atoms with Crippen molar-refractivity contribution in [2.75, 3.05) is 7.11 Å². The van der Waals surface area contributed by atoms with Gasteiger partial charge in [0, 0.05) is 6.42 Å². The molecule has 4 heteroatoms. The highest BCUT2D eigenvalue weighted by Gasteiger charge is 2.04. The molecule has 0 spiro atoms. The number of thiazole rings is 1. The highest BCUT2D eigenvalue weighted by Crippen LogP contribution is 2.23.